The van der Waals surface area contributed by atoms with Crippen molar-refractivity contribution in [2.24, 2.45) is 0 Å². The van der Waals surface area contributed by atoms with Crippen LogP contribution < -0.4 is 5.32 Å². The third kappa shape index (κ3) is 3.88. The summed E-state index contributed by atoms with van der Waals surface area (Å²) >= 11 is 5.76. The minimum atomic E-state index is -0.0180. The molecule has 4 rings (SSSR count). The van der Waals surface area contributed by atoms with Crippen LogP contribution >= 0.6 is 12.2 Å². The summed E-state index contributed by atoms with van der Waals surface area (Å²) < 4.78 is 2.27. The molecule has 0 spiro atoms. The first-order valence-corrected chi connectivity index (χ1v) is 10.2. The van der Waals surface area contributed by atoms with E-state index in [0.717, 1.165) is 35.3 Å². The molecule has 3 aromatic heterocycles. The first-order chi connectivity index (χ1) is 14.1. The molecule has 4 heterocycles. The van der Waals surface area contributed by atoms with Crippen LogP contribution in [0.3, 0.4) is 0 Å². The summed E-state index contributed by atoms with van der Waals surface area (Å²) in [6, 6.07) is 14.5. The van der Waals surface area contributed by atoms with E-state index in [9.17, 15) is 0 Å². The number of nitrogens with zero attached hydrogens (tertiary/aromatic N) is 5. The molecule has 0 amide bonds. The molecule has 0 aliphatic carbocycles. The fraction of sp³-hybridized carbons (Fsp3) is 0.318. The van der Waals surface area contributed by atoms with Gasteiger partial charge in [0.1, 0.15) is 0 Å². The number of hydrogen-bond acceptors (Lipinski definition) is 4. The van der Waals surface area contributed by atoms with E-state index in [1.807, 2.05) is 30.6 Å². The maximum atomic E-state index is 5.76. The number of nitrogens with one attached hydrogen (secondary N) is 1. The van der Waals surface area contributed by atoms with Gasteiger partial charge in [-0.15, -0.1) is 0 Å². The Morgan fingerprint density at radius 2 is 1.97 bits per heavy atom. The Labute approximate surface area is 177 Å². The second kappa shape index (κ2) is 8.31. The first kappa shape index (κ1) is 19.5. The fourth-order valence-electron chi connectivity index (χ4n) is 3.90. The average Bonchev–Trinajstić information content (AvgIpc) is 3.27. The van der Waals surface area contributed by atoms with Crippen molar-refractivity contribution < 1.29 is 0 Å². The summed E-state index contributed by atoms with van der Waals surface area (Å²) in [6.07, 6.45) is 5.54. The van der Waals surface area contributed by atoms with Crippen LogP contribution in [0.2, 0.25) is 0 Å². The summed E-state index contributed by atoms with van der Waals surface area (Å²) in [5.41, 5.74) is 4.38. The van der Waals surface area contributed by atoms with Gasteiger partial charge in [0.2, 0.25) is 0 Å². The summed E-state index contributed by atoms with van der Waals surface area (Å²) in [4.78, 5) is 13.4. The Kier molecular flexibility index (Phi) is 5.60. The Balaban J connectivity index is 1.81. The van der Waals surface area contributed by atoms with Gasteiger partial charge in [0.05, 0.1) is 29.7 Å². The maximum Gasteiger partial charge on any atom is 0.170 e. The van der Waals surface area contributed by atoms with Gasteiger partial charge in [-0.2, -0.15) is 0 Å². The van der Waals surface area contributed by atoms with Crippen LogP contribution in [0.15, 0.2) is 61.1 Å². The highest BCUT2D eigenvalue weighted by Crippen LogP contribution is 2.39. The van der Waals surface area contributed by atoms with Gasteiger partial charge in [-0.05, 0) is 69.6 Å². The van der Waals surface area contributed by atoms with E-state index in [-0.39, 0.29) is 12.1 Å². The summed E-state index contributed by atoms with van der Waals surface area (Å²) in [5, 5.41) is 4.30. The lowest BCUT2D eigenvalue weighted by molar-refractivity contribution is 0.272. The smallest absolute Gasteiger partial charge is 0.170 e. The normalized spacial score (nSPS) is 19.0. The van der Waals surface area contributed by atoms with E-state index in [2.05, 4.69) is 74.9 Å². The van der Waals surface area contributed by atoms with Crippen LogP contribution in [0.5, 0.6) is 0 Å². The molecule has 0 unspecified atom stereocenters. The molecular weight excluding hydrogens is 380 g/mol. The number of aryl methyl sites for hydroxylation is 1. The van der Waals surface area contributed by atoms with E-state index in [0.29, 0.717) is 0 Å². The van der Waals surface area contributed by atoms with E-state index in [1.54, 1.807) is 6.20 Å². The molecule has 0 bridgehead atoms. The molecule has 1 saturated heterocycles. The molecule has 1 fully saturated rings. The highest BCUT2D eigenvalue weighted by molar-refractivity contribution is 7.80. The van der Waals surface area contributed by atoms with Crippen LogP contribution in [0.4, 0.5) is 0 Å². The summed E-state index contributed by atoms with van der Waals surface area (Å²) in [5.74, 6) is 0. The first-order valence-electron chi connectivity index (χ1n) is 9.77. The van der Waals surface area contributed by atoms with Gasteiger partial charge in [0, 0.05) is 36.9 Å². The van der Waals surface area contributed by atoms with Crippen LogP contribution in [0.25, 0.3) is 5.69 Å². The predicted molar refractivity (Wildman–Crippen MR) is 119 cm³/mol. The second-order valence-corrected chi connectivity index (χ2v) is 7.96. The maximum absolute atomic E-state index is 5.76. The van der Waals surface area contributed by atoms with Crippen molar-refractivity contribution in [1.29, 1.82) is 0 Å². The zero-order chi connectivity index (χ0) is 20.4. The number of likely N-dealkylation sites (N-methyl/N-ethyl adjacent to an activating group) is 1. The minimum Gasteiger partial charge on any atom is -0.352 e. The van der Waals surface area contributed by atoms with Crippen LogP contribution in [-0.4, -0.2) is 56.6 Å². The zero-order valence-electron chi connectivity index (χ0n) is 17.0. The highest BCUT2D eigenvalue weighted by atomic mass is 32.1. The monoisotopic (exact) mass is 406 g/mol. The van der Waals surface area contributed by atoms with Crippen molar-refractivity contribution in [3.8, 4) is 5.69 Å². The average molecular weight is 407 g/mol. The summed E-state index contributed by atoms with van der Waals surface area (Å²) in [6.45, 7) is 3.88. The molecule has 150 valence electrons. The van der Waals surface area contributed by atoms with Gasteiger partial charge in [0.25, 0.3) is 0 Å². The van der Waals surface area contributed by atoms with E-state index in [4.69, 9.17) is 12.2 Å². The molecule has 3 aromatic rings. The van der Waals surface area contributed by atoms with Gasteiger partial charge in [0.15, 0.2) is 5.11 Å². The quantitative estimate of drug-likeness (QED) is 0.635. The number of aromatic nitrogens is 3. The fourth-order valence-corrected chi connectivity index (χ4v) is 4.24. The number of pyridine rings is 2. The van der Waals surface area contributed by atoms with Crippen molar-refractivity contribution in [2.75, 3.05) is 27.2 Å². The lowest BCUT2D eigenvalue weighted by atomic mass is 10.0. The van der Waals surface area contributed by atoms with Gasteiger partial charge < -0.3 is 19.7 Å². The SMILES string of the molecule is Cc1ccc([C@H]2[C@H](c3ccccn3)NC(=S)N2CCN(C)C)n1-c1cccnc1. The van der Waals surface area contributed by atoms with E-state index in [1.165, 1.54) is 5.69 Å². The van der Waals surface area contributed by atoms with Crippen LogP contribution in [0.1, 0.15) is 29.2 Å². The van der Waals surface area contributed by atoms with Gasteiger partial charge in [-0.1, -0.05) is 6.07 Å². The van der Waals surface area contributed by atoms with Crippen molar-refractivity contribution in [2.45, 2.75) is 19.0 Å². The molecule has 1 aliphatic heterocycles. The molecule has 6 nitrogen and oxygen atoms in total. The lowest BCUT2D eigenvalue weighted by Gasteiger charge is -2.30. The number of thiocarbonyl (C=S) groups is 1. The molecule has 2 atom stereocenters. The van der Waals surface area contributed by atoms with E-state index < -0.39 is 0 Å². The standard InChI is InChI=1S/C22H26N6S/c1-16-9-10-19(28(16)17-7-6-11-23-15-17)21-20(18-8-4-5-12-24-18)25-22(29)27(21)14-13-26(2)3/h4-12,15,20-21H,13-14H2,1-3H3,(H,25,29)/t20-,21-/m0/s1. The molecule has 29 heavy (non-hydrogen) atoms. The van der Waals surface area contributed by atoms with Crippen molar-refractivity contribution in [3.63, 3.8) is 0 Å². The van der Waals surface area contributed by atoms with Crippen molar-refractivity contribution in [3.05, 3.63) is 78.1 Å². The molecule has 0 radical (unpaired) electrons. The largest absolute Gasteiger partial charge is 0.352 e. The molecule has 7 heteroatoms. The second-order valence-electron chi connectivity index (χ2n) is 7.57. The minimum absolute atomic E-state index is 0.0180. The number of hydrogen-bond donors (Lipinski definition) is 1. The van der Waals surface area contributed by atoms with Crippen molar-refractivity contribution >= 4 is 17.3 Å². The van der Waals surface area contributed by atoms with Crippen LogP contribution in [-0.2, 0) is 0 Å². The Morgan fingerprint density at radius 1 is 1.10 bits per heavy atom. The highest BCUT2D eigenvalue weighted by Gasteiger charge is 2.41. The third-order valence-electron chi connectivity index (χ3n) is 5.30. The molecule has 1 N–H and O–H groups in total. The topological polar surface area (TPSA) is 49.2 Å². The van der Waals surface area contributed by atoms with Gasteiger partial charge >= 0.3 is 0 Å². The van der Waals surface area contributed by atoms with Crippen LogP contribution in [0, 0.1) is 6.92 Å². The van der Waals surface area contributed by atoms with Gasteiger partial charge in [-0.25, -0.2) is 0 Å². The molecule has 0 saturated carbocycles. The Morgan fingerprint density at radius 3 is 2.66 bits per heavy atom. The molecular formula is C22H26N6S. The lowest BCUT2D eigenvalue weighted by Crippen LogP contribution is -2.36. The Hall–Kier alpha value is -2.77. The zero-order valence-corrected chi connectivity index (χ0v) is 17.8. The van der Waals surface area contributed by atoms with Gasteiger partial charge in [-0.3, -0.25) is 9.97 Å². The third-order valence-corrected chi connectivity index (χ3v) is 5.65. The predicted octanol–water partition coefficient (Wildman–Crippen LogP) is 3.11. The summed E-state index contributed by atoms with van der Waals surface area (Å²) in [7, 11) is 4.17. The number of rotatable bonds is 6. The molecule has 1 aliphatic rings. The van der Waals surface area contributed by atoms with E-state index >= 15 is 0 Å². The van der Waals surface area contributed by atoms with Crippen molar-refractivity contribution in [1.82, 2.24) is 29.7 Å². The Bertz CT molecular complexity index is 969. The molecule has 0 aromatic carbocycles.